The molecule has 1 aliphatic carbocycles. The minimum absolute atomic E-state index is 0.592. The highest BCUT2D eigenvalue weighted by Crippen LogP contribution is 2.47. The predicted octanol–water partition coefficient (Wildman–Crippen LogP) is 3.05. The van der Waals surface area contributed by atoms with Gasteiger partial charge in [-0.1, -0.05) is 11.6 Å². The van der Waals surface area contributed by atoms with Crippen molar-refractivity contribution in [3.05, 3.63) is 20.3 Å². The summed E-state index contributed by atoms with van der Waals surface area (Å²) in [4.78, 5) is 1.36. The monoisotopic (exact) mass is 201 g/mol. The van der Waals surface area contributed by atoms with E-state index in [2.05, 4.69) is 6.92 Å². The highest BCUT2D eigenvalue weighted by Gasteiger charge is 2.29. The first-order valence-electron chi connectivity index (χ1n) is 4.21. The zero-order valence-corrected chi connectivity index (χ0v) is 8.63. The van der Waals surface area contributed by atoms with Crippen LogP contribution in [0.3, 0.4) is 0 Å². The second-order valence-corrected chi connectivity index (χ2v) is 5.13. The lowest BCUT2D eigenvalue weighted by molar-refractivity contribution is 1.00. The largest absolute Gasteiger partial charge is 0.326 e. The van der Waals surface area contributed by atoms with Gasteiger partial charge in [0.15, 0.2) is 0 Å². The Morgan fingerprint density at radius 3 is 2.75 bits per heavy atom. The first kappa shape index (κ1) is 8.54. The molecule has 0 unspecified atom stereocenters. The second kappa shape index (κ2) is 3.02. The van der Waals surface area contributed by atoms with Crippen LogP contribution in [-0.4, -0.2) is 0 Å². The third-order valence-corrected chi connectivity index (χ3v) is 3.79. The Kier molecular flexibility index (Phi) is 2.15. The van der Waals surface area contributed by atoms with E-state index in [0.717, 1.165) is 10.3 Å². The molecule has 12 heavy (non-hydrogen) atoms. The summed E-state index contributed by atoms with van der Waals surface area (Å²) in [6, 6.07) is 0. The fourth-order valence-electron chi connectivity index (χ4n) is 1.67. The Labute approximate surface area is 81.5 Å². The van der Waals surface area contributed by atoms with E-state index in [9.17, 15) is 0 Å². The number of aryl methyl sites for hydroxylation is 1. The summed E-state index contributed by atoms with van der Waals surface area (Å²) in [5, 5.41) is 0. The molecule has 3 heteroatoms. The lowest BCUT2D eigenvalue weighted by Gasteiger charge is -2.00. The minimum atomic E-state index is 0.592. The SMILES string of the molecule is Cc1sc(Cl)c(CN)c1C1CC1. The van der Waals surface area contributed by atoms with Crippen LogP contribution in [0.5, 0.6) is 0 Å². The van der Waals surface area contributed by atoms with Crippen LogP contribution in [-0.2, 0) is 6.54 Å². The van der Waals surface area contributed by atoms with E-state index in [1.807, 2.05) is 0 Å². The van der Waals surface area contributed by atoms with Crippen molar-refractivity contribution in [1.82, 2.24) is 0 Å². The zero-order chi connectivity index (χ0) is 8.72. The van der Waals surface area contributed by atoms with Gasteiger partial charge < -0.3 is 5.73 Å². The first-order chi connectivity index (χ1) is 5.74. The van der Waals surface area contributed by atoms with Crippen LogP contribution in [0.15, 0.2) is 0 Å². The van der Waals surface area contributed by atoms with Crippen LogP contribution < -0.4 is 5.73 Å². The molecule has 0 spiro atoms. The van der Waals surface area contributed by atoms with Gasteiger partial charge in [0.2, 0.25) is 0 Å². The van der Waals surface area contributed by atoms with Gasteiger partial charge in [-0.2, -0.15) is 0 Å². The van der Waals surface area contributed by atoms with Gasteiger partial charge in [0.05, 0.1) is 4.34 Å². The molecule has 0 amide bonds. The smallest absolute Gasteiger partial charge is 0.0978 e. The van der Waals surface area contributed by atoms with Crippen LogP contribution in [0.25, 0.3) is 0 Å². The maximum atomic E-state index is 6.06. The Morgan fingerprint density at radius 1 is 1.58 bits per heavy atom. The molecule has 66 valence electrons. The molecule has 1 nitrogen and oxygen atoms in total. The van der Waals surface area contributed by atoms with E-state index >= 15 is 0 Å². The maximum absolute atomic E-state index is 6.06. The van der Waals surface area contributed by atoms with Gasteiger partial charge in [-0.05, 0) is 36.8 Å². The van der Waals surface area contributed by atoms with Gasteiger partial charge in [0, 0.05) is 11.4 Å². The number of halogens is 1. The lowest BCUT2D eigenvalue weighted by Crippen LogP contribution is -1.98. The highest BCUT2D eigenvalue weighted by atomic mass is 35.5. The van der Waals surface area contributed by atoms with Gasteiger partial charge in [0.1, 0.15) is 0 Å². The van der Waals surface area contributed by atoms with E-state index in [0.29, 0.717) is 6.54 Å². The summed E-state index contributed by atoms with van der Waals surface area (Å²) >= 11 is 7.73. The molecule has 2 N–H and O–H groups in total. The van der Waals surface area contributed by atoms with Crippen molar-refractivity contribution < 1.29 is 0 Å². The highest BCUT2D eigenvalue weighted by molar-refractivity contribution is 7.16. The summed E-state index contributed by atoms with van der Waals surface area (Å²) in [5.74, 6) is 0.771. The number of rotatable bonds is 2. The van der Waals surface area contributed by atoms with Gasteiger partial charge in [-0.3, -0.25) is 0 Å². The Bertz CT molecular complexity index is 302. The first-order valence-corrected chi connectivity index (χ1v) is 5.41. The molecule has 0 atom stereocenters. The normalized spacial score (nSPS) is 16.9. The minimum Gasteiger partial charge on any atom is -0.326 e. The summed E-state index contributed by atoms with van der Waals surface area (Å²) in [6.07, 6.45) is 2.64. The zero-order valence-electron chi connectivity index (χ0n) is 7.06. The molecule has 1 fully saturated rings. The van der Waals surface area contributed by atoms with Crippen molar-refractivity contribution in [2.24, 2.45) is 5.73 Å². The van der Waals surface area contributed by atoms with Gasteiger partial charge in [0.25, 0.3) is 0 Å². The van der Waals surface area contributed by atoms with Crippen LogP contribution >= 0.6 is 22.9 Å². The van der Waals surface area contributed by atoms with E-state index in [1.54, 1.807) is 11.3 Å². The molecule has 1 saturated carbocycles. The average molecular weight is 202 g/mol. The molecular weight excluding hydrogens is 190 g/mol. The second-order valence-electron chi connectivity index (χ2n) is 3.30. The van der Waals surface area contributed by atoms with Crippen LogP contribution in [0.2, 0.25) is 4.34 Å². The van der Waals surface area contributed by atoms with Crippen molar-refractivity contribution in [2.45, 2.75) is 32.2 Å². The van der Waals surface area contributed by atoms with Crippen molar-refractivity contribution in [3.8, 4) is 0 Å². The lowest BCUT2D eigenvalue weighted by atomic mass is 10.1. The van der Waals surface area contributed by atoms with Gasteiger partial charge >= 0.3 is 0 Å². The Balaban J connectivity index is 2.47. The third kappa shape index (κ3) is 1.28. The molecule has 0 saturated heterocycles. The van der Waals surface area contributed by atoms with E-state index in [-0.39, 0.29) is 0 Å². The van der Waals surface area contributed by atoms with Crippen LogP contribution in [0, 0.1) is 6.92 Å². The average Bonchev–Trinajstić information content (AvgIpc) is 2.78. The van der Waals surface area contributed by atoms with Crippen LogP contribution in [0.4, 0.5) is 0 Å². The third-order valence-electron chi connectivity index (χ3n) is 2.37. The molecule has 0 bridgehead atoms. The van der Waals surface area contributed by atoms with Crippen LogP contribution in [0.1, 0.15) is 34.8 Å². The van der Waals surface area contributed by atoms with Gasteiger partial charge in [-0.15, -0.1) is 11.3 Å². The summed E-state index contributed by atoms with van der Waals surface area (Å²) in [7, 11) is 0. The fourth-order valence-corrected chi connectivity index (χ4v) is 3.18. The quantitative estimate of drug-likeness (QED) is 0.782. The molecule has 2 rings (SSSR count). The molecule has 0 aliphatic heterocycles. The maximum Gasteiger partial charge on any atom is 0.0978 e. The molecule has 1 aromatic rings. The number of thiophene rings is 1. The molecule has 0 radical (unpaired) electrons. The Hall–Kier alpha value is -0.0500. The molecule has 1 aromatic heterocycles. The van der Waals surface area contributed by atoms with E-state index in [4.69, 9.17) is 17.3 Å². The molecule has 1 heterocycles. The number of nitrogens with two attached hydrogens (primary N) is 1. The van der Waals surface area contributed by atoms with Crippen molar-refractivity contribution in [1.29, 1.82) is 0 Å². The van der Waals surface area contributed by atoms with Crippen molar-refractivity contribution in [2.75, 3.05) is 0 Å². The van der Waals surface area contributed by atoms with Crippen molar-refractivity contribution >= 4 is 22.9 Å². The number of hydrogen-bond donors (Lipinski definition) is 1. The summed E-state index contributed by atoms with van der Waals surface area (Å²) < 4.78 is 0.900. The summed E-state index contributed by atoms with van der Waals surface area (Å²) in [5.41, 5.74) is 8.30. The molecule has 1 aliphatic rings. The predicted molar refractivity (Wildman–Crippen MR) is 53.9 cm³/mol. The fraction of sp³-hybridized carbons (Fsp3) is 0.556. The van der Waals surface area contributed by atoms with E-state index in [1.165, 1.54) is 28.8 Å². The van der Waals surface area contributed by atoms with Gasteiger partial charge in [-0.25, -0.2) is 0 Å². The standard InChI is InChI=1S/C9H12ClNS/c1-5-8(6-2-3-6)7(4-11)9(10)12-5/h6H,2-4,11H2,1H3. The van der Waals surface area contributed by atoms with E-state index < -0.39 is 0 Å². The molecular formula is C9H12ClNS. The molecule has 0 aromatic carbocycles. The number of hydrogen-bond acceptors (Lipinski definition) is 2. The summed E-state index contributed by atoms with van der Waals surface area (Å²) in [6.45, 7) is 2.73. The topological polar surface area (TPSA) is 26.0 Å². The van der Waals surface area contributed by atoms with Crippen molar-refractivity contribution in [3.63, 3.8) is 0 Å². The Morgan fingerprint density at radius 2 is 2.25 bits per heavy atom.